The zero-order valence-corrected chi connectivity index (χ0v) is 6.84. The first-order valence-electron chi connectivity index (χ1n) is 4.11. The van der Waals surface area contributed by atoms with Crippen LogP contribution in [0.1, 0.15) is 33.1 Å². The predicted molar refractivity (Wildman–Crippen MR) is 41.8 cm³/mol. The summed E-state index contributed by atoms with van der Waals surface area (Å²) < 4.78 is 5.60. The molecular formula is C8H17NO. The highest BCUT2D eigenvalue weighted by Crippen LogP contribution is 2.21. The third kappa shape index (κ3) is 1.96. The van der Waals surface area contributed by atoms with Crippen molar-refractivity contribution in [2.75, 3.05) is 0 Å². The zero-order valence-electron chi connectivity index (χ0n) is 6.84. The van der Waals surface area contributed by atoms with Crippen LogP contribution in [0.15, 0.2) is 0 Å². The van der Waals surface area contributed by atoms with Crippen LogP contribution in [0.3, 0.4) is 0 Å². The van der Waals surface area contributed by atoms with Gasteiger partial charge < -0.3 is 10.5 Å². The normalized spacial score (nSPS) is 33.6. The Hall–Kier alpha value is -0.0800. The number of rotatable bonds is 2. The van der Waals surface area contributed by atoms with Crippen molar-refractivity contribution in [1.29, 1.82) is 0 Å². The minimum Gasteiger partial charge on any atom is -0.374 e. The molecule has 0 saturated heterocycles. The molecule has 60 valence electrons. The van der Waals surface area contributed by atoms with Crippen LogP contribution in [0, 0.1) is 0 Å². The molecule has 2 N–H and O–H groups in total. The fourth-order valence-electron chi connectivity index (χ4n) is 1.47. The number of nitrogens with two attached hydrogens (primary N) is 1. The topological polar surface area (TPSA) is 35.2 Å². The largest absolute Gasteiger partial charge is 0.374 e. The SMILES string of the molecule is CC(C)O[C@@H]1CCC[C@@H]1N. The molecule has 0 aliphatic heterocycles. The van der Waals surface area contributed by atoms with Gasteiger partial charge in [0.2, 0.25) is 0 Å². The lowest BCUT2D eigenvalue weighted by Gasteiger charge is -2.18. The fourth-order valence-corrected chi connectivity index (χ4v) is 1.47. The van der Waals surface area contributed by atoms with E-state index in [1.165, 1.54) is 6.42 Å². The molecule has 2 nitrogen and oxygen atoms in total. The van der Waals surface area contributed by atoms with Gasteiger partial charge in [0.15, 0.2) is 0 Å². The van der Waals surface area contributed by atoms with E-state index < -0.39 is 0 Å². The van der Waals surface area contributed by atoms with Crippen LogP contribution in [0.2, 0.25) is 0 Å². The van der Waals surface area contributed by atoms with Gasteiger partial charge in [-0.25, -0.2) is 0 Å². The Bertz CT molecular complexity index is 103. The van der Waals surface area contributed by atoms with Crippen LogP contribution in [0.4, 0.5) is 0 Å². The third-order valence-corrected chi connectivity index (χ3v) is 1.95. The van der Waals surface area contributed by atoms with Crippen LogP contribution < -0.4 is 5.73 Å². The van der Waals surface area contributed by atoms with E-state index in [1.807, 2.05) is 0 Å². The molecule has 0 aromatic rings. The van der Waals surface area contributed by atoms with Gasteiger partial charge in [0.1, 0.15) is 0 Å². The minimum atomic E-state index is 0.294. The van der Waals surface area contributed by atoms with Crippen molar-refractivity contribution >= 4 is 0 Å². The van der Waals surface area contributed by atoms with Crippen LogP contribution in [0.25, 0.3) is 0 Å². The predicted octanol–water partition coefficient (Wildman–Crippen LogP) is 1.29. The third-order valence-electron chi connectivity index (χ3n) is 1.95. The van der Waals surface area contributed by atoms with E-state index in [2.05, 4.69) is 13.8 Å². The smallest absolute Gasteiger partial charge is 0.0729 e. The van der Waals surface area contributed by atoms with Crippen LogP contribution in [-0.4, -0.2) is 18.2 Å². The molecule has 2 heteroatoms. The summed E-state index contributed by atoms with van der Waals surface area (Å²) in [6.07, 6.45) is 4.18. The second kappa shape index (κ2) is 3.35. The standard InChI is InChI=1S/C8H17NO/c1-6(2)10-8-5-3-4-7(8)9/h6-8H,3-5,9H2,1-2H3/t7-,8+/m0/s1. The maximum Gasteiger partial charge on any atom is 0.0729 e. The van der Waals surface area contributed by atoms with E-state index in [0.717, 1.165) is 12.8 Å². The molecule has 1 fully saturated rings. The Morgan fingerprint density at radius 2 is 2.10 bits per heavy atom. The summed E-state index contributed by atoms with van der Waals surface area (Å²) in [5.74, 6) is 0. The second-order valence-corrected chi connectivity index (χ2v) is 3.32. The van der Waals surface area contributed by atoms with Crippen molar-refractivity contribution in [2.24, 2.45) is 5.73 Å². The summed E-state index contributed by atoms with van der Waals surface area (Å²) in [5, 5.41) is 0. The van der Waals surface area contributed by atoms with Gasteiger partial charge in [-0.1, -0.05) is 0 Å². The van der Waals surface area contributed by atoms with Gasteiger partial charge in [0.05, 0.1) is 12.2 Å². The van der Waals surface area contributed by atoms with Gasteiger partial charge in [-0.05, 0) is 33.1 Å². The molecule has 1 saturated carbocycles. The van der Waals surface area contributed by atoms with Crippen molar-refractivity contribution < 1.29 is 4.74 Å². The molecule has 2 atom stereocenters. The first-order valence-corrected chi connectivity index (χ1v) is 4.11. The molecular weight excluding hydrogens is 126 g/mol. The average Bonchev–Trinajstić information content (AvgIpc) is 2.15. The number of hydrogen-bond donors (Lipinski definition) is 1. The summed E-state index contributed by atoms with van der Waals surface area (Å²) in [5.41, 5.74) is 5.80. The van der Waals surface area contributed by atoms with E-state index in [-0.39, 0.29) is 0 Å². The molecule has 0 aromatic carbocycles. The molecule has 0 aromatic heterocycles. The monoisotopic (exact) mass is 143 g/mol. The fraction of sp³-hybridized carbons (Fsp3) is 1.00. The van der Waals surface area contributed by atoms with Crippen molar-refractivity contribution in [3.05, 3.63) is 0 Å². The highest BCUT2D eigenvalue weighted by molar-refractivity contribution is 4.81. The molecule has 1 aliphatic carbocycles. The Kier molecular flexibility index (Phi) is 2.69. The maximum absolute atomic E-state index is 5.80. The van der Waals surface area contributed by atoms with Crippen LogP contribution in [0.5, 0.6) is 0 Å². The van der Waals surface area contributed by atoms with E-state index in [9.17, 15) is 0 Å². The number of hydrogen-bond acceptors (Lipinski definition) is 2. The van der Waals surface area contributed by atoms with Crippen LogP contribution >= 0.6 is 0 Å². The second-order valence-electron chi connectivity index (χ2n) is 3.32. The highest BCUT2D eigenvalue weighted by Gasteiger charge is 2.24. The quantitative estimate of drug-likeness (QED) is 0.632. The Morgan fingerprint density at radius 1 is 1.40 bits per heavy atom. The molecule has 0 radical (unpaired) electrons. The van der Waals surface area contributed by atoms with Gasteiger partial charge >= 0.3 is 0 Å². The molecule has 0 unspecified atom stereocenters. The van der Waals surface area contributed by atoms with Gasteiger partial charge in [-0.2, -0.15) is 0 Å². The lowest BCUT2D eigenvalue weighted by molar-refractivity contribution is 0.00410. The molecule has 10 heavy (non-hydrogen) atoms. The summed E-state index contributed by atoms with van der Waals surface area (Å²) in [6.45, 7) is 4.12. The van der Waals surface area contributed by atoms with Gasteiger partial charge in [0, 0.05) is 6.04 Å². The van der Waals surface area contributed by atoms with E-state index in [0.29, 0.717) is 18.2 Å². The summed E-state index contributed by atoms with van der Waals surface area (Å²) in [4.78, 5) is 0. The zero-order chi connectivity index (χ0) is 7.56. The van der Waals surface area contributed by atoms with Crippen LogP contribution in [-0.2, 0) is 4.74 Å². The molecule has 0 bridgehead atoms. The van der Waals surface area contributed by atoms with E-state index in [1.54, 1.807) is 0 Å². The average molecular weight is 143 g/mol. The maximum atomic E-state index is 5.80. The van der Waals surface area contributed by atoms with E-state index in [4.69, 9.17) is 10.5 Å². The first-order chi connectivity index (χ1) is 4.70. The summed E-state index contributed by atoms with van der Waals surface area (Å²) in [7, 11) is 0. The van der Waals surface area contributed by atoms with Crippen molar-refractivity contribution in [1.82, 2.24) is 0 Å². The number of ether oxygens (including phenoxy) is 1. The molecule has 1 aliphatic rings. The van der Waals surface area contributed by atoms with Crippen molar-refractivity contribution in [2.45, 2.75) is 51.4 Å². The van der Waals surface area contributed by atoms with E-state index >= 15 is 0 Å². The Labute approximate surface area is 62.7 Å². The molecule has 1 rings (SSSR count). The molecule has 0 heterocycles. The van der Waals surface area contributed by atoms with Crippen molar-refractivity contribution in [3.63, 3.8) is 0 Å². The summed E-state index contributed by atoms with van der Waals surface area (Å²) >= 11 is 0. The van der Waals surface area contributed by atoms with Crippen molar-refractivity contribution in [3.8, 4) is 0 Å². The lowest BCUT2D eigenvalue weighted by Crippen LogP contribution is -2.33. The summed E-state index contributed by atoms with van der Waals surface area (Å²) in [6, 6.07) is 0.294. The Morgan fingerprint density at radius 3 is 2.50 bits per heavy atom. The lowest BCUT2D eigenvalue weighted by atomic mass is 10.2. The highest BCUT2D eigenvalue weighted by atomic mass is 16.5. The molecule has 0 spiro atoms. The van der Waals surface area contributed by atoms with Gasteiger partial charge in [-0.3, -0.25) is 0 Å². The molecule has 0 amide bonds. The minimum absolute atomic E-state index is 0.294. The van der Waals surface area contributed by atoms with Gasteiger partial charge in [0.25, 0.3) is 0 Å². The first kappa shape index (κ1) is 8.02. The van der Waals surface area contributed by atoms with Gasteiger partial charge in [-0.15, -0.1) is 0 Å². The Balaban J connectivity index is 2.26.